The number of fused-ring (bicyclic) bond motifs is 1. The highest BCUT2D eigenvalue weighted by Gasteiger charge is 2.20. The van der Waals surface area contributed by atoms with Crippen LogP contribution in [0, 0.1) is 13.8 Å². The zero-order valence-corrected chi connectivity index (χ0v) is 15.2. The van der Waals surface area contributed by atoms with E-state index < -0.39 is 0 Å². The maximum absolute atomic E-state index is 10.0. The first-order chi connectivity index (χ1) is 12.6. The van der Waals surface area contributed by atoms with Crippen LogP contribution in [0.4, 0.5) is 5.82 Å². The first kappa shape index (κ1) is 16.6. The zero-order chi connectivity index (χ0) is 18.1. The molecule has 0 amide bonds. The van der Waals surface area contributed by atoms with Gasteiger partial charge in [-0.1, -0.05) is 36.4 Å². The molecule has 1 aliphatic carbocycles. The van der Waals surface area contributed by atoms with Crippen molar-refractivity contribution in [2.24, 2.45) is 0 Å². The first-order valence-electron chi connectivity index (χ1n) is 9.10. The summed E-state index contributed by atoms with van der Waals surface area (Å²) in [5.74, 6) is 1.83. The average Bonchev–Trinajstić information content (AvgIpc) is 2.64. The lowest BCUT2D eigenvalue weighted by Gasteiger charge is -2.27. The van der Waals surface area contributed by atoms with Crippen LogP contribution in [0.25, 0.3) is 11.3 Å². The zero-order valence-electron chi connectivity index (χ0n) is 15.2. The number of phenols is 1. The summed E-state index contributed by atoms with van der Waals surface area (Å²) in [4.78, 5) is 9.13. The molecule has 3 aromatic rings. The quantitative estimate of drug-likeness (QED) is 0.705. The van der Waals surface area contributed by atoms with Crippen molar-refractivity contribution in [3.05, 3.63) is 71.0 Å². The van der Waals surface area contributed by atoms with Gasteiger partial charge < -0.3 is 10.4 Å². The van der Waals surface area contributed by atoms with Crippen molar-refractivity contribution < 1.29 is 5.11 Å². The fraction of sp³-hybridized carbons (Fsp3) is 0.273. The highest BCUT2D eigenvalue weighted by atomic mass is 16.3. The molecule has 132 valence electrons. The molecule has 26 heavy (non-hydrogen) atoms. The van der Waals surface area contributed by atoms with Crippen LogP contribution in [0.15, 0.2) is 48.5 Å². The van der Waals surface area contributed by atoms with Crippen LogP contribution < -0.4 is 5.32 Å². The van der Waals surface area contributed by atoms with E-state index in [0.717, 1.165) is 35.5 Å². The molecule has 0 fully saturated rings. The fourth-order valence-corrected chi connectivity index (χ4v) is 3.64. The van der Waals surface area contributed by atoms with Crippen molar-refractivity contribution in [2.45, 2.75) is 39.2 Å². The summed E-state index contributed by atoms with van der Waals surface area (Å²) in [6, 6.07) is 16.5. The van der Waals surface area contributed by atoms with Crippen molar-refractivity contribution in [3.8, 4) is 17.0 Å². The molecular formula is C22H23N3O. The van der Waals surface area contributed by atoms with Crippen LogP contribution in [-0.2, 0) is 6.42 Å². The van der Waals surface area contributed by atoms with Gasteiger partial charge in [-0.25, -0.2) is 9.97 Å². The van der Waals surface area contributed by atoms with Crippen molar-refractivity contribution in [2.75, 3.05) is 5.32 Å². The first-order valence-corrected chi connectivity index (χ1v) is 9.10. The molecule has 1 aliphatic rings. The number of phenolic OH excluding ortho intramolecular Hbond substituents is 1. The smallest absolute Gasteiger partial charge is 0.130 e. The molecule has 1 unspecified atom stereocenters. The minimum atomic E-state index is 0.272. The Labute approximate surface area is 154 Å². The third kappa shape index (κ3) is 3.27. The summed E-state index contributed by atoms with van der Waals surface area (Å²) in [5, 5.41) is 13.6. The van der Waals surface area contributed by atoms with Crippen molar-refractivity contribution in [1.82, 2.24) is 9.97 Å². The second kappa shape index (κ2) is 6.79. The van der Waals surface area contributed by atoms with Gasteiger partial charge in [-0.05, 0) is 55.9 Å². The predicted octanol–water partition coefficient (Wildman–Crippen LogP) is 4.96. The molecule has 0 spiro atoms. The van der Waals surface area contributed by atoms with Gasteiger partial charge in [-0.3, -0.25) is 0 Å². The Bertz CT molecular complexity index is 952. The van der Waals surface area contributed by atoms with E-state index in [0.29, 0.717) is 5.82 Å². The van der Waals surface area contributed by atoms with Gasteiger partial charge in [0.15, 0.2) is 0 Å². The van der Waals surface area contributed by atoms with E-state index in [9.17, 15) is 5.11 Å². The van der Waals surface area contributed by atoms with Gasteiger partial charge in [0.25, 0.3) is 0 Å². The Balaban J connectivity index is 1.66. The third-order valence-electron chi connectivity index (χ3n) is 5.03. The van der Waals surface area contributed by atoms with Gasteiger partial charge >= 0.3 is 0 Å². The summed E-state index contributed by atoms with van der Waals surface area (Å²) in [6.07, 6.45) is 3.42. The van der Waals surface area contributed by atoms with Crippen molar-refractivity contribution >= 4 is 5.82 Å². The molecule has 0 saturated heterocycles. The molecule has 1 atom stereocenters. The Morgan fingerprint density at radius 2 is 1.88 bits per heavy atom. The van der Waals surface area contributed by atoms with Crippen LogP contribution in [0.2, 0.25) is 0 Å². The van der Waals surface area contributed by atoms with E-state index in [1.54, 1.807) is 6.07 Å². The number of nitrogens with zero attached hydrogens (tertiary/aromatic N) is 2. The van der Waals surface area contributed by atoms with Gasteiger partial charge in [-0.2, -0.15) is 0 Å². The molecule has 4 heteroatoms. The molecule has 0 aliphatic heterocycles. The van der Waals surface area contributed by atoms with Crippen LogP contribution in [-0.4, -0.2) is 15.1 Å². The van der Waals surface area contributed by atoms with Crippen LogP contribution in [0.1, 0.15) is 41.4 Å². The molecule has 0 bridgehead atoms. The van der Waals surface area contributed by atoms with Gasteiger partial charge in [0.1, 0.15) is 17.4 Å². The number of hydrogen-bond donors (Lipinski definition) is 2. The minimum absolute atomic E-state index is 0.272. The van der Waals surface area contributed by atoms with Crippen LogP contribution in [0.5, 0.6) is 5.75 Å². The Morgan fingerprint density at radius 3 is 2.73 bits per heavy atom. The van der Waals surface area contributed by atoms with Gasteiger partial charge in [0.05, 0.1) is 11.7 Å². The number of hydrogen-bond acceptors (Lipinski definition) is 4. The van der Waals surface area contributed by atoms with E-state index in [1.165, 1.54) is 17.5 Å². The second-order valence-corrected chi connectivity index (χ2v) is 6.97. The summed E-state index contributed by atoms with van der Waals surface area (Å²) >= 11 is 0. The number of anilines is 1. The van der Waals surface area contributed by atoms with E-state index in [2.05, 4.69) is 39.6 Å². The number of nitrogens with one attached hydrogen (secondary N) is 1. The van der Waals surface area contributed by atoms with Crippen molar-refractivity contribution in [1.29, 1.82) is 0 Å². The molecule has 4 rings (SSSR count). The number of aromatic hydroxyl groups is 1. The Hall–Kier alpha value is -2.88. The standard InChI is InChI=1S/C22H23N3O/c1-14-10-11-17(12-21(14)26)20-13-22(24-15(2)23-20)25-19-9-5-7-16-6-3-4-8-18(16)19/h3-4,6,8,10-13,19,26H,5,7,9H2,1-2H3,(H,23,24,25). The van der Waals surface area contributed by atoms with Gasteiger partial charge in [0, 0.05) is 11.6 Å². The van der Waals surface area contributed by atoms with Crippen LogP contribution >= 0.6 is 0 Å². The normalized spacial score (nSPS) is 16.2. The summed E-state index contributed by atoms with van der Waals surface area (Å²) in [7, 11) is 0. The molecule has 1 heterocycles. The number of aryl methyl sites for hydroxylation is 3. The monoisotopic (exact) mass is 345 g/mol. The van der Waals surface area contributed by atoms with Gasteiger partial charge in [0.2, 0.25) is 0 Å². The fourth-order valence-electron chi connectivity index (χ4n) is 3.64. The van der Waals surface area contributed by atoms with E-state index in [1.807, 2.05) is 32.0 Å². The minimum Gasteiger partial charge on any atom is -0.508 e. The number of aromatic nitrogens is 2. The SMILES string of the molecule is Cc1nc(NC2CCCc3ccccc32)cc(-c2ccc(C)c(O)c2)n1. The average molecular weight is 345 g/mol. The Morgan fingerprint density at radius 1 is 1.04 bits per heavy atom. The lowest BCUT2D eigenvalue weighted by atomic mass is 9.88. The summed E-state index contributed by atoms with van der Waals surface area (Å²) in [5.41, 5.74) is 5.36. The van der Waals surface area contributed by atoms with Crippen LogP contribution in [0.3, 0.4) is 0 Å². The molecular weight excluding hydrogens is 322 g/mol. The lowest BCUT2D eigenvalue weighted by molar-refractivity contribution is 0.471. The lowest BCUT2D eigenvalue weighted by Crippen LogP contribution is -2.18. The van der Waals surface area contributed by atoms with E-state index in [4.69, 9.17) is 0 Å². The maximum Gasteiger partial charge on any atom is 0.130 e. The highest BCUT2D eigenvalue weighted by Crippen LogP contribution is 2.33. The van der Waals surface area contributed by atoms with Crippen molar-refractivity contribution in [3.63, 3.8) is 0 Å². The maximum atomic E-state index is 10.0. The molecule has 2 N–H and O–H groups in total. The largest absolute Gasteiger partial charge is 0.508 e. The number of rotatable bonds is 3. The second-order valence-electron chi connectivity index (χ2n) is 6.97. The molecule has 0 saturated carbocycles. The molecule has 4 nitrogen and oxygen atoms in total. The van der Waals surface area contributed by atoms with E-state index >= 15 is 0 Å². The molecule has 0 radical (unpaired) electrons. The highest BCUT2D eigenvalue weighted by molar-refractivity contribution is 5.65. The molecule has 1 aromatic heterocycles. The number of benzene rings is 2. The third-order valence-corrected chi connectivity index (χ3v) is 5.03. The van der Waals surface area contributed by atoms with Gasteiger partial charge in [-0.15, -0.1) is 0 Å². The van der Waals surface area contributed by atoms with E-state index in [-0.39, 0.29) is 11.8 Å². The topological polar surface area (TPSA) is 58.0 Å². The predicted molar refractivity (Wildman–Crippen MR) is 104 cm³/mol. The Kier molecular flexibility index (Phi) is 4.33. The molecule has 2 aromatic carbocycles. The summed E-state index contributed by atoms with van der Waals surface area (Å²) < 4.78 is 0. The summed E-state index contributed by atoms with van der Waals surface area (Å²) in [6.45, 7) is 3.79.